The zero-order valence-corrected chi connectivity index (χ0v) is 18.9. The molecule has 0 radical (unpaired) electrons. The van der Waals surface area contributed by atoms with Crippen molar-refractivity contribution in [1.82, 2.24) is 4.57 Å². The summed E-state index contributed by atoms with van der Waals surface area (Å²) >= 11 is 1.57. The first-order valence-electron chi connectivity index (χ1n) is 10.5. The van der Waals surface area contributed by atoms with E-state index in [1.54, 1.807) is 29.0 Å². The van der Waals surface area contributed by atoms with Crippen LogP contribution in [0.4, 0.5) is 0 Å². The highest BCUT2D eigenvalue weighted by Gasteiger charge is 2.31. The topological polar surface area (TPSA) is 68.5 Å². The van der Waals surface area contributed by atoms with Gasteiger partial charge in [-0.15, -0.1) is 17.9 Å². The van der Waals surface area contributed by atoms with E-state index < -0.39 is 11.9 Å². The van der Waals surface area contributed by atoms with Gasteiger partial charge >= 0.3 is 5.97 Å². The highest BCUT2D eigenvalue weighted by molar-refractivity contribution is 7.19. The van der Waals surface area contributed by atoms with Crippen molar-refractivity contribution in [3.8, 4) is 11.1 Å². The Kier molecular flexibility index (Phi) is 5.86. The SMILES string of the molecule is C=CCC(C(=O)O)c1c(-c2ccc(C(C)C)cc2)c2c3c(sc2n(C)c1=O)COCC3. The monoisotopic (exact) mass is 437 g/mol. The molecule has 1 atom stereocenters. The smallest absolute Gasteiger partial charge is 0.311 e. The molecule has 1 N–H and O–H groups in total. The Morgan fingerprint density at radius 2 is 2.03 bits per heavy atom. The van der Waals surface area contributed by atoms with Crippen LogP contribution in [0.3, 0.4) is 0 Å². The fourth-order valence-corrected chi connectivity index (χ4v) is 5.64. The number of rotatable bonds is 6. The number of nitrogens with zero attached hydrogens (tertiary/aromatic N) is 1. The van der Waals surface area contributed by atoms with Crippen molar-refractivity contribution in [2.24, 2.45) is 7.05 Å². The summed E-state index contributed by atoms with van der Waals surface area (Å²) in [7, 11) is 1.73. The molecule has 162 valence electrons. The molecule has 0 saturated heterocycles. The molecule has 5 nitrogen and oxygen atoms in total. The average molecular weight is 438 g/mol. The number of pyridine rings is 1. The Labute approximate surface area is 185 Å². The molecule has 0 bridgehead atoms. The van der Waals surface area contributed by atoms with Crippen LogP contribution in [-0.4, -0.2) is 22.2 Å². The number of hydrogen-bond donors (Lipinski definition) is 1. The molecule has 31 heavy (non-hydrogen) atoms. The van der Waals surface area contributed by atoms with Gasteiger partial charge in [0.15, 0.2) is 0 Å². The number of allylic oxidation sites excluding steroid dienone is 1. The number of aryl methyl sites for hydroxylation is 1. The molecule has 0 aliphatic carbocycles. The number of aromatic nitrogens is 1. The first kappa shape index (κ1) is 21.5. The molecule has 6 heteroatoms. The summed E-state index contributed by atoms with van der Waals surface area (Å²) in [4.78, 5) is 27.7. The van der Waals surface area contributed by atoms with E-state index in [1.165, 1.54) is 11.1 Å². The van der Waals surface area contributed by atoms with Gasteiger partial charge in [-0.2, -0.15) is 0 Å². The Bertz CT molecular complexity index is 1220. The number of hydrogen-bond acceptors (Lipinski definition) is 4. The molecule has 1 unspecified atom stereocenters. The summed E-state index contributed by atoms with van der Waals surface area (Å²) in [6.07, 6.45) is 2.52. The molecule has 0 amide bonds. The number of benzene rings is 1. The molecule has 1 aromatic carbocycles. The van der Waals surface area contributed by atoms with Crippen LogP contribution in [0.2, 0.25) is 0 Å². The summed E-state index contributed by atoms with van der Waals surface area (Å²) in [5, 5.41) is 11.0. The molecule has 1 aliphatic heterocycles. The molecule has 4 rings (SSSR count). The lowest BCUT2D eigenvalue weighted by Crippen LogP contribution is -2.28. The van der Waals surface area contributed by atoms with Crippen molar-refractivity contribution in [2.75, 3.05) is 6.61 Å². The quantitative estimate of drug-likeness (QED) is 0.538. The lowest BCUT2D eigenvalue weighted by atomic mass is 9.86. The lowest BCUT2D eigenvalue weighted by molar-refractivity contribution is -0.138. The van der Waals surface area contributed by atoms with Crippen LogP contribution < -0.4 is 5.56 Å². The largest absolute Gasteiger partial charge is 0.481 e. The van der Waals surface area contributed by atoms with Crippen LogP contribution in [0, 0.1) is 0 Å². The minimum absolute atomic E-state index is 0.197. The van der Waals surface area contributed by atoms with Crippen molar-refractivity contribution in [3.63, 3.8) is 0 Å². The predicted octanol–water partition coefficient (Wildman–Crippen LogP) is 5.21. The summed E-state index contributed by atoms with van der Waals surface area (Å²) in [5.74, 6) is -1.57. The van der Waals surface area contributed by atoms with Gasteiger partial charge in [-0.3, -0.25) is 9.59 Å². The predicted molar refractivity (Wildman–Crippen MR) is 125 cm³/mol. The van der Waals surface area contributed by atoms with Crippen LogP contribution in [0.25, 0.3) is 21.3 Å². The van der Waals surface area contributed by atoms with E-state index >= 15 is 0 Å². The third-order valence-electron chi connectivity index (χ3n) is 6.08. The van der Waals surface area contributed by atoms with Crippen LogP contribution in [0.1, 0.15) is 53.7 Å². The zero-order chi connectivity index (χ0) is 22.3. The number of thiophene rings is 1. The first-order chi connectivity index (χ1) is 14.8. The van der Waals surface area contributed by atoms with E-state index in [2.05, 4.69) is 32.6 Å². The van der Waals surface area contributed by atoms with E-state index in [0.717, 1.165) is 32.6 Å². The zero-order valence-electron chi connectivity index (χ0n) is 18.1. The van der Waals surface area contributed by atoms with Crippen molar-refractivity contribution < 1.29 is 14.6 Å². The third-order valence-corrected chi connectivity index (χ3v) is 7.36. The van der Waals surface area contributed by atoms with Gasteiger partial charge in [0.05, 0.1) is 19.1 Å². The second kappa shape index (κ2) is 8.44. The maximum atomic E-state index is 13.5. The second-order valence-electron chi connectivity index (χ2n) is 8.33. The molecule has 2 aromatic heterocycles. The number of carboxylic acids is 1. The number of carboxylic acid groups (broad SMARTS) is 1. The summed E-state index contributed by atoms with van der Waals surface area (Å²) in [6, 6.07) is 8.17. The van der Waals surface area contributed by atoms with Crippen molar-refractivity contribution in [1.29, 1.82) is 0 Å². The van der Waals surface area contributed by atoms with Crippen molar-refractivity contribution >= 4 is 27.5 Å². The summed E-state index contributed by atoms with van der Waals surface area (Å²) < 4.78 is 7.26. The Hall–Kier alpha value is -2.70. The molecule has 3 aromatic rings. The maximum absolute atomic E-state index is 13.5. The minimum atomic E-state index is -1.01. The summed E-state index contributed by atoms with van der Waals surface area (Å²) in [5.41, 5.74) is 4.09. The molecular weight excluding hydrogens is 410 g/mol. The molecule has 0 fully saturated rings. The van der Waals surface area contributed by atoms with Crippen LogP contribution in [0.15, 0.2) is 41.7 Å². The first-order valence-corrected chi connectivity index (χ1v) is 11.4. The van der Waals surface area contributed by atoms with E-state index in [0.29, 0.717) is 24.7 Å². The molecule has 1 aliphatic rings. The normalized spacial score (nSPS) is 14.6. The lowest BCUT2D eigenvalue weighted by Gasteiger charge is -2.20. The Morgan fingerprint density at radius 3 is 2.65 bits per heavy atom. The average Bonchev–Trinajstić information content (AvgIpc) is 3.14. The second-order valence-corrected chi connectivity index (χ2v) is 9.41. The van der Waals surface area contributed by atoms with Gasteiger partial charge in [0.25, 0.3) is 5.56 Å². The van der Waals surface area contributed by atoms with Gasteiger partial charge in [-0.25, -0.2) is 0 Å². The van der Waals surface area contributed by atoms with Gasteiger partial charge in [0, 0.05) is 28.4 Å². The van der Waals surface area contributed by atoms with E-state index in [-0.39, 0.29) is 12.0 Å². The van der Waals surface area contributed by atoms with Gasteiger partial charge in [0.1, 0.15) is 4.83 Å². The summed E-state index contributed by atoms with van der Waals surface area (Å²) in [6.45, 7) is 9.15. The van der Waals surface area contributed by atoms with Gasteiger partial charge in [-0.05, 0) is 35.4 Å². The number of carbonyl (C=O) groups is 1. The molecule has 0 spiro atoms. The van der Waals surface area contributed by atoms with E-state index in [4.69, 9.17) is 4.74 Å². The minimum Gasteiger partial charge on any atom is -0.481 e. The Balaban J connectivity index is 2.13. The highest BCUT2D eigenvalue weighted by Crippen LogP contribution is 2.43. The van der Waals surface area contributed by atoms with Gasteiger partial charge in [0.2, 0.25) is 0 Å². The standard InChI is InChI=1S/C25H27NO4S/c1-5-6-18(25(28)29)21-20(16-9-7-15(8-10-16)14(2)3)22-17-11-12-30-13-19(17)31-24(22)26(4)23(21)27/h5,7-10,14,18H,1,6,11-13H2,2-4H3,(H,28,29). The van der Waals surface area contributed by atoms with E-state index in [1.807, 2.05) is 12.1 Å². The van der Waals surface area contributed by atoms with Crippen molar-refractivity contribution in [3.05, 3.63) is 68.8 Å². The van der Waals surface area contributed by atoms with Crippen LogP contribution in [-0.2, 0) is 29.6 Å². The fourth-order valence-electron chi connectivity index (χ4n) is 4.39. The molecule has 3 heterocycles. The maximum Gasteiger partial charge on any atom is 0.311 e. The number of ether oxygens (including phenoxy) is 1. The van der Waals surface area contributed by atoms with Gasteiger partial charge in [-0.1, -0.05) is 44.2 Å². The fraction of sp³-hybridized carbons (Fsp3) is 0.360. The number of aliphatic carboxylic acids is 1. The highest BCUT2D eigenvalue weighted by atomic mass is 32.1. The van der Waals surface area contributed by atoms with Crippen LogP contribution in [0.5, 0.6) is 0 Å². The third kappa shape index (κ3) is 3.64. The van der Waals surface area contributed by atoms with Crippen LogP contribution >= 0.6 is 11.3 Å². The molecule has 0 saturated carbocycles. The molecular formula is C25H27NO4S. The van der Waals surface area contributed by atoms with E-state index in [9.17, 15) is 14.7 Å². The van der Waals surface area contributed by atoms with Crippen molar-refractivity contribution in [2.45, 2.75) is 45.1 Å². The van der Waals surface area contributed by atoms with Gasteiger partial charge < -0.3 is 14.4 Å². The Morgan fingerprint density at radius 1 is 1.32 bits per heavy atom. The number of fused-ring (bicyclic) bond motifs is 3.